The zero-order valence-electron chi connectivity index (χ0n) is 9.53. The summed E-state index contributed by atoms with van der Waals surface area (Å²) < 4.78 is 1.83. The largest absolute Gasteiger partial charge is 0.331 e. The van der Waals surface area contributed by atoms with Gasteiger partial charge < -0.3 is 14.9 Å². The molecule has 2 N–H and O–H groups in total. The molecule has 17 heavy (non-hydrogen) atoms. The molecule has 2 aromatic rings. The van der Waals surface area contributed by atoms with E-state index in [9.17, 15) is 4.79 Å². The van der Waals surface area contributed by atoms with Crippen molar-refractivity contribution in [3.05, 3.63) is 34.1 Å². The van der Waals surface area contributed by atoms with E-state index in [4.69, 9.17) is 0 Å². The molecule has 0 aromatic carbocycles. The molecular weight excluding hydrogens is 218 g/mol. The van der Waals surface area contributed by atoms with Gasteiger partial charge in [-0.3, -0.25) is 4.79 Å². The topological polar surface area (TPSA) is 75.6 Å². The van der Waals surface area contributed by atoms with E-state index < -0.39 is 0 Å². The van der Waals surface area contributed by atoms with Gasteiger partial charge in [-0.2, -0.15) is 0 Å². The lowest BCUT2D eigenvalue weighted by atomic mass is 10.1. The highest BCUT2D eigenvalue weighted by molar-refractivity contribution is 5.49. The standard InChI is InChI=1S/C11H13N5O/c1-16-6-13-5-9(16)10-14-8-4-12-3-2-7(8)11(17)15-10/h5-6,12H,2-4H2,1H3,(H,14,15,17). The number of H-pyrrole nitrogens is 1. The lowest BCUT2D eigenvalue weighted by Crippen LogP contribution is -2.31. The molecule has 88 valence electrons. The molecule has 1 aliphatic heterocycles. The summed E-state index contributed by atoms with van der Waals surface area (Å²) in [5, 5.41) is 3.22. The second kappa shape index (κ2) is 3.81. The van der Waals surface area contributed by atoms with Crippen molar-refractivity contribution in [2.75, 3.05) is 6.54 Å². The van der Waals surface area contributed by atoms with Crippen LogP contribution in [0.15, 0.2) is 17.3 Å². The van der Waals surface area contributed by atoms with Crippen LogP contribution in [0.5, 0.6) is 0 Å². The minimum absolute atomic E-state index is 0.0345. The number of fused-ring (bicyclic) bond motifs is 1. The van der Waals surface area contributed by atoms with Crippen LogP contribution in [0.2, 0.25) is 0 Å². The Morgan fingerprint density at radius 2 is 2.35 bits per heavy atom. The summed E-state index contributed by atoms with van der Waals surface area (Å²) in [6.45, 7) is 1.49. The molecule has 0 saturated heterocycles. The first kappa shape index (κ1) is 10.2. The zero-order valence-corrected chi connectivity index (χ0v) is 9.53. The summed E-state index contributed by atoms with van der Waals surface area (Å²) in [7, 11) is 1.88. The molecular formula is C11H13N5O. The second-order valence-electron chi connectivity index (χ2n) is 4.16. The van der Waals surface area contributed by atoms with E-state index in [1.54, 1.807) is 12.5 Å². The number of hydrogen-bond acceptors (Lipinski definition) is 4. The summed E-state index contributed by atoms with van der Waals surface area (Å²) in [5.74, 6) is 0.581. The molecule has 6 nitrogen and oxygen atoms in total. The second-order valence-corrected chi connectivity index (χ2v) is 4.16. The third-order valence-electron chi connectivity index (χ3n) is 3.00. The molecule has 3 rings (SSSR count). The normalized spacial score (nSPS) is 14.6. The van der Waals surface area contributed by atoms with Crippen LogP contribution in [0.4, 0.5) is 0 Å². The van der Waals surface area contributed by atoms with Crippen molar-refractivity contribution in [1.29, 1.82) is 0 Å². The number of imidazole rings is 1. The van der Waals surface area contributed by atoms with Crippen LogP contribution in [-0.2, 0) is 20.0 Å². The highest BCUT2D eigenvalue weighted by Crippen LogP contribution is 2.14. The molecule has 0 atom stereocenters. The summed E-state index contributed by atoms with van der Waals surface area (Å²) in [5.41, 5.74) is 2.43. The molecule has 0 bridgehead atoms. The number of nitrogens with one attached hydrogen (secondary N) is 2. The number of aromatic amines is 1. The molecule has 6 heteroatoms. The quantitative estimate of drug-likeness (QED) is 0.713. The van der Waals surface area contributed by atoms with Crippen LogP contribution in [0.25, 0.3) is 11.5 Å². The Kier molecular flexibility index (Phi) is 2.29. The first-order valence-electron chi connectivity index (χ1n) is 5.55. The van der Waals surface area contributed by atoms with Crippen molar-refractivity contribution < 1.29 is 0 Å². The van der Waals surface area contributed by atoms with Gasteiger partial charge in [0.1, 0.15) is 5.69 Å². The van der Waals surface area contributed by atoms with Crippen molar-refractivity contribution >= 4 is 0 Å². The summed E-state index contributed by atoms with van der Waals surface area (Å²) in [4.78, 5) is 23.3. The molecule has 0 saturated carbocycles. The first-order chi connectivity index (χ1) is 8.25. The van der Waals surface area contributed by atoms with Gasteiger partial charge in [-0.1, -0.05) is 0 Å². The predicted molar refractivity (Wildman–Crippen MR) is 62.5 cm³/mol. The Balaban J connectivity index is 2.17. The Hall–Kier alpha value is -1.95. The van der Waals surface area contributed by atoms with Gasteiger partial charge in [-0.25, -0.2) is 9.97 Å². The monoisotopic (exact) mass is 231 g/mol. The van der Waals surface area contributed by atoms with Crippen LogP contribution in [0, 0.1) is 0 Å². The maximum Gasteiger partial charge on any atom is 0.254 e. The maximum atomic E-state index is 11.9. The van der Waals surface area contributed by atoms with Gasteiger partial charge in [-0.15, -0.1) is 0 Å². The smallest absolute Gasteiger partial charge is 0.254 e. The zero-order chi connectivity index (χ0) is 11.8. The van der Waals surface area contributed by atoms with E-state index in [1.165, 1.54) is 0 Å². The number of aryl methyl sites for hydroxylation is 1. The predicted octanol–water partition coefficient (Wildman–Crippen LogP) is -0.184. The van der Waals surface area contributed by atoms with Gasteiger partial charge in [-0.05, 0) is 13.0 Å². The fraction of sp³-hybridized carbons (Fsp3) is 0.364. The molecule has 0 unspecified atom stereocenters. The average Bonchev–Trinajstić information content (AvgIpc) is 2.75. The Morgan fingerprint density at radius 1 is 1.47 bits per heavy atom. The molecule has 3 heterocycles. The minimum atomic E-state index is -0.0345. The molecule has 0 fully saturated rings. The van der Waals surface area contributed by atoms with E-state index >= 15 is 0 Å². The van der Waals surface area contributed by atoms with E-state index in [2.05, 4.69) is 20.3 Å². The number of aromatic nitrogens is 4. The first-order valence-corrected chi connectivity index (χ1v) is 5.55. The third-order valence-corrected chi connectivity index (χ3v) is 3.00. The van der Waals surface area contributed by atoms with Crippen molar-refractivity contribution in [2.45, 2.75) is 13.0 Å². The summed E-state index contributed by atoms with van der Waals surface area (Å²) >= 11 is 0. The van der Waals surface area contributed by atoms with Crippen LogP contribution < -0.4 is 10.9 Å². The molecule has 2 aromatic heterocycles. The van der Waals surface area contributed by atoms with Crippen molar-refractivity contribution in [3.8, 4) is 11.5 Å². The lowest BCUT2D eigenvalue weighted by Gasteiger charge is -2.15. The van der Waals surface area contributed by atoms with Crippen LogP contribution in [0.3, 0.4) is 0 Å². The van der Waals surface area contributed by atoms with E-state index in [0.29, 0.717) is 12.4 Å². The molecule has 0 amide bonds. The SMILES string of the molecule is Cn1cncc1-c1nc2c(c(=O)[nH]1)CCNC2. The minimum Gasteiger partial charge on any atom is -0.331 e. The molecule has 1 aliphatic rings. The average molecular weight is 231 g/mol. The van der Waals surface area contributed by atoms with Gasteiger partial charge in [0, 0.05) is 19.2 Å². The van der Waals surface area contributed by atoms with E-state index in [1.807, 2.05) is 11.6 Å². The van der Waals surface area contributed by atoms with Crippen LogP contribution >= 0.6 is 0 Å². The van der Waals surface area contributed by atoms with Gasteiger partial charge in [0.2, 0.25) is 0 Å². The van der Waals surface area contributed by atoms with Crippen molar-refractivity contribution in [2.24, 2.45) is 7.05 Å². The van der Waals surface area contributed by atoms with Gasteiger partial charge in [0.15, 0.2) is 5.82 Å². The molecule has 0 aliphatic carbocycles. The fourth-order valence-electron chi connectivity index (χ4n) is 2.08. The Morgan fingerprint density at radius 3 is 3.12 bits per heavy atom. The Labute approximate surface area is 97.7 Å². The van der Waals surface area contributed by atoms with Crippen molar-refractivity contribution in [1.82, 2.24) is 24.8 Å². The maximum absolute atomic E-state index is 11.9. The summed E-state index contributed by atoms with van der Waals surface area (Å²) in [6, 6.07) is 0. The summed E-state index contributed by atoms with van der Waals surface area (Å²) in [6.07, 6.45) is 4.12. The number of nitrogens with zero attached hydrogens (tertiary/aromatic N) is 3. The number of rotatable bonds is 1. The fourth-order valence-corrected chi connectivity index (χ4v) is 2.08. The number of hydrogen-bond donors (Lipinski definition) is 2. The lowest BCUT2D eigenvalue weighted by molar-refractivity contribution is 0.619. The molecule has 0 radical (unpaired) electrons. The van der Waals surface area contributed by atoms with Crippen molar-refractivity contribution in [3.63, 3.8) is 0 Å². The van der Waals surface area contributed by atoms with E-state index in [0.717, 1.165) is 29.9 Å². The van der Waals surface area contributed by atoms with Crippen LogP contribution in [-0.4, -0.2) is 26.1 Å². The van der Waals surface area contributed by atoms with E-state index in [-0.39, 0.29) is 5.56 Å². The third kappa shape index (κ3) is 1.66. The molecule has 0 spiro atoms. The highest BCUT2D eigenvalue weighted by Gasteiger charge is 2.16. The van der Waals surface area contributed by atoms with Crippen LogP contribution in [0.1, 0.15) is 11.3 Å². The highest BCUT2D eigenvalue weighted by atomic mass is 16.1. The van der Waals surface area contributed by atoms with Gasteiger partial charge in [0.25, 0.3) is 5.56 Å². The van der Waals surface area contributed by atoms with Gasteiger partial charge >= 0.3 is 0 Å². The Bertz CT molecular complexity index is 613. The van der Waals surface area contributed by atoms with Gasteiger partial charge in [0.05, 0.1) is 18.2 Å².